The lowest BCUT2D eigenvalue weighted by molar-refractivity contribution is 0.102. The molecule has 1 amide bonds. The molecular weight excluding hydrogens is 489 g/mol. The van der Waals surface area contributed by atoms with Gasteiger partial charge in [0.25, 0.3) is 5.91 Å². The number of hydrogen-bond donors (Lipinski definition) is 1. The molecular formula is C29H26FN3O3S. The van der Waals surface area contributed by atoms with Crippen LogP contribution in [0.3, 0.4) is 0 Å². The van der Waals surface area contributed by atoms with Gasteiger partial charge in [0, 0.05) is 39.6 Å². The smallest absolute Gasteiger partial charge is 0.255 e. The molecule has 188 valence electrons. The van der Waals surface area contributed by atoms with E-state index in [1.807, 2.05) is 30.3 Å². The van der Waals surface area contributed by atoms with Crippen LogP contribution in [-0.4, -0.2) is 25.1 Å². The second kappa shape index (κ2) is 9.71. The molecule has 8 heteroatoms. The molecule has 37 heavy (non-hydrogen) atoms. The van der Waals surface area contributed by atoms with E-state index in [9.17, 15) is 17.6 Å². The fraction of sp³-hybridized carbons (Fsp3) is 0.138. The third kappa shape index (κ3) is 4.93. The van der Waals surface area contributed by atoms with Gasteiger partial charge in [-0.3, -0.25) is 9.10 Å². The number of benzene rings is 4. The van der Waals surface area contributed by atoms with Crippen molar-refractivity contribution in [3.63, 3.8) is 0 Å². The average Bonchev–Trinajstić information content (AvgIpc) is 3.20. The van der Waals surface area contributed by atoms with Crippen LogP contribution >= 0.6 is 0 Å². The number of carbonyl (C=O) groups excluding carboxylic acids is 1. The predicted octanol–water partition coefficient (Wildman–Crippen LogP) is 6.17. The van der Waals surface area contributed by atoms with Crippen LogP contribution in [0, 0.1) is 5.82 Å². The van der Waals surface area contributed by atoms with Gasteiger partial charge in [0.05, 0.1) is 18.5 Å². The number of aryl methyl sites for hydroxylation is 1. The van der Waals surface area contributed by atoms with Gasteiger partial charge in [0.2, 0.25) is 10.0 Å². The lowest BCUT2D eigenvalue weighted by atomic mass is 10.1. The molecule has 0 spiro atoms. The minimum Gasteiger partial charge on any atom is -0.341 e. The van der Waals surface area contributed by atoms with Crippen LogP contribution < -0.4 is 9.62 Å². The zero-order valence-electron chi connectivity index (χ0n) is 20.5. The lowest BCUT2D eigenvalue weighted by Crippen LogP contribution is -2.29. The summed E-state index contributed by atoms with van der Waals surface area (Å²) in [5, 5.41) is 5.14. The van der Waals surface area contributed by atoms with Crippen LogP contribution in [0.4, 0.5) is 15.8 Å². The molecule has 0 aliphatic rings. The van der Waals surface area contributed by atoms with Crippen LogP contribution in [0.25, 0.3) is 21.8 Å². The fourth-order valence-corrected chi connectivity index (χ4v) is 5.50. The number of aromatic nitrogens is 1. The summed E-state index contributed by atoms with van der Waals surface area (Å²) in [7, 11) is -3.61. The molecule has 0 saturated carbocycles. The quantitative estimate of drug-likeness (QED) is 0.282. The summed E-state index contributed by atoms with van der Waals surface area (Å²) in [4.78, 5) is 13.0. The highest BCUT2D eigenvalue weighted by Gasteiger charge is 2.19. The number of halogens is 1. The summed E-state index contributed by atoms with van der Waals surface area (Å²) in [5.74, 6) is -0.685. The Morgan fingerprint density at radius 2 is 1.57 bits per heavy atom. The number of rotatable bonds is 7. The molecule has 0 saturated heterocycles. The Kier molecular flexibility index (Phi) is 6.43. The van der Waals surface area contributed by atoms with Crippen molar-refractivity contribution < 1.29 is 17.6 Å². The fourth-order valence-electron chi connectivity index (χ4n) is 4.61. The number of anilines is 2. The molecule has 6 nitrogen and oxygen atoms in total. The predicted molar refractivity (Wildman–Crippen MR) is 147 cm³/mol. The molecule has 0 radical (unpaired) electrons. The van der Waals surface area contributed by atoms with Crippen molar-refractivity contribution in [2.24, 2.45) is 0 Å². The first-order valence-corrected chi connectivity index (χ1v) is 13.7. The number of carbonyl (C=O) groups is 1. The van der Waals surface area contributed by atoms with Gasteiger partial charge in [-0.05, 0) is 73.2 Å². The standard InChI is InChI=1S/C29H26FN3O3S/c1-3-32-27-7-5-4-6-25(27)26-18-23(14-17-28(26)32)31-29(34)21-10-15-24(16-11-21)33(37(2,35)36)19-20-8-12-22(30)13-9-20/h4-18H,3,19H2,1-2H3,(H,31,34). The Bertz CT molecular complexity index is 1710. The maximum absolute atomic E-state index is 13.2. The molecule has 0 aliphatic heterocycles. The van der Waals surface area contributed by atoms with Crippen LogP contribution in [-0.2, 0) is 23.1 Å². The van der Waals surface area contributed by atoms with Crippen LogP contribution in [0.1, 0.15) is 22.8 Å². The lowest BCUT2D eigenvalue weighted by Gasteiger charge is -2.22. The van der Waals surface area contributed by atoms with Gasteiger partial charge in [-0.1, -0.05) is 30.3 Å². The third-order valence-electron chi connectivity index (χ3n) is 6.40. The molecule has 1 heterocycles. The molecule has 1 aromatic heterocycles. The third-order valence-corrected chi connectivity index (χ3v) is 7.54. The second-order valence-corrected chi connectivity index (χ2v) is 10.8. The second-order valence-electron chi connectivity index (χ2n) is 8.89. The Morgan fingerprint density at radius 3 is 2.24 bits per heavy atom. The normalized spacial score (nSPS) is 11.6. The Hall–Kier alpha value is -4.17. The van der Waals surface area contributed by atoms with E-state index < -0.39 is 10.0 Å². The zero-order valence-corrected chi connectivity index (χ0v) is 21.3. The van der Waals surface area contributed by atoms with Crippen molar-refractivity contribution in [2.75, 3.05) is 15.9 Å². The van der Waals surface area contributed by atoms with Crippen molar-refractivity contribution >= 4 is 49.1 Å². The monoisotopic (exact) mass is 515 g/mol. The van der Waals surface area contributed by atoms with E-state index in [2.05, 4.69) is 28.9 Å². The van der Waals surface area contributed by atoms with Gasteiger partial charge >= 0.3 is 0 Å². The summed E-state index contributed by atoms with van der Waals surface area (Å²) < 4.78 is 41.6. The Labute approximate surface area is 215 Å². The van der Waals surface area contributed by atoms with E-state index in [1.165, 1.54) is 16.4 Å². The van der Waals surface area contributed by atoms with E-state index in [0.29, 0.717) is 22.5 Å². The maximum Gasteiger partial charge on any atom is 0.255 e. The summed E-state index contributed by atoms with van der Waals surface area (Å²) >= 11 is 0. The van der Waals surface area contributed by atoms with Gasteiger partial charge in [-0.2, -0.15) is 0 Å². The van der Waals surface area contributed by atoms with E-state index in [-0.39, 0.29) is 18.3 Å². The first kappa shape index (κ1) is 24.5. The van der Waals surface area contributed by atoms with Crippen molar-refractivity contribution in [2.45, 2.75) is 20.0 Å². The minimum absolute atomic E-state index is 0.0516. The number of fused-ring (bicyclic) bond motifs is 3. The topological polar surface area (TPSA) is 71.4 Å². The number of hydrogen-bond acceptors (Lipinski definition) is 3. The van der Waals surface area contributed by atoms with Crippen molar-refractivity contribution in [1.82, 2.24) is 4.57 Å². The molecule has 5 rings (SSSR count). The summed E-state index contributed by atoms with van der Waals surface area (Å²) in [6.07, 6.45) is 1.11. The Morgan fingerprint density at radius 1 is 0.892 bits per heavy atom. The number of para-hydroxylation sites is 1. The summed E-state index contributed by atoms with van der Waals surface area (Å²) in [6.45, 7) is 3.00. The van der Waals surface area contributed by atoms with Gasteiger partial charge in [-0.25, -0.2) is 12.8 Å². The number of nitrogens with zero attached hydrogens (tertiary/aromatic N) is 2. The highest BCUT2D eigenvalue weighted by Crippen LogP contribution is 2.31. The number of amides is 1. The van der Waals surface area contributed by atoms with Gasteiger partial charge in [-0.15, -0.1) is 0 Å². The first-order chi connectivity index (χ1) is 17.7. The van der Waals surface area contributed by atoms with Gasteiger partial charge in [0.1, 0.15) is 5.82 Å². The molecule has 1 N–H and O–H groups in total. The zero-order chi connectivity index (χ0) is 26.2. The van der Waals surface area contributed by atoms with Gasteiger partial charge in [0.15, 0.2) is 0 Å². The largest absolute Gasteiger partial charge is 0.341 e. The molecule has 0 unspecified atom stereocenters. The Balaban J connectivity index is 1.38. The molecule has 0 atom stereocenters. The summed E-state index contributed by atoms with van der Waals surface area (Å²) in [6, 6.07) is 26.1. The van der Waals surface area contributed by atoms with E-state index >= 15 is 0 Å². The SMILES string of the molecule is CCn1c2ccccc2c2cc(NC(=O)c3ccc(N(Cc4ccc(F)cc4)S(C)(=O)=O)cc3)ccc21. The number of sulfonamides is 1. The average molecular weight is 516 g/mol. The van der Waals surface area contributed by atoms with Crippen molar-refractivity contribution in [1.29, 1.82) is 0 Å². The van der Waals surface area contributed by atoms with Crippen molar-refractivity contribution in [3.8, 4) is 0 Å². The van der Waals surface area contributed by atoms with Crippen LogP contribution in [0.15, 0.2) is 91.0 Å². The maximum atomic E-state index is 13.2. The highest BCUT2D eigenvalue weighted by molar-refractivity contribution is 7.92. The number of nitrogens with one attached hydrogen (secondary N) is 1. The van der Waals surface area contributed by atoms with Crippen LogP contribution in [0.2, 0.25) is 0 Å². The highest BCUT2D eigenvalue weighted by atomic mass is 32.2. The molecule has 4 aromatic carbocycles. The van der Waals surface area contributed by atoms with E-state index in [1.54, 1.807) is 36.4 Å². The summed E-state index contributed by atoms with van der Waals surface area (Å²) in [5.41, 5.74) is 4.39. The van der Waals surface area contributed by atoms with Crippen LogP contribution in [0.5, 0.6) is 0 Å². The molecule has 5 aromatic rings. The molecule has 0 aliphatic carbocycles. The van der Waals surface area contributed by atoms with E-state index in [0.717, 1.165) is 34.6 Å². The van der Waals surface area contributed by atoms with Crippen molar-refractivity contribution in [3.05, 3.63) is 108 Å². The molecule has 0 bridgehead atoms. The van der Waals surface area contributed by atoms with Gasteiger partial charge < -0.3 is 9.88 Å². The molecule has 0 fully saturated rings. The minimum atomic E-state index is -3.61. The van der Waals surface area contributed by atoms with E-state index in [4.69, 9.17) is 0 Å². The first-order valence-electron chi connectivity index (χ1n) is 11.9.